The molecule has 1 amide bonds. The first-order chi connectivity index (χ1) is 15.5. The van der Waals surface area contributed by atoms with Crippen molar-refractivity contribution >= 4 is 45.0 Å². The van der Waals surface area contributed by atoms with E-state index in [0.29, 0.717) is 35.2 Å². The number of hydrogen-bond acceptors (Lipinski definition) is 5. The smallest absolute Gasteiger partial charge is 0.241 e. The van der Waals surface area contributed by atoms with Gasteiger partial charge in [-0.3, -0.25) is 9.69 Å². The fourth-order valence-corrected chi connectivity index (χ4v) is 4.96. The number of anilines is 1. The lowest BCUT2D eigenvalue weighted by Gasteiger charge is -2.31. The molecule has 0 N–H and O–H groups in total. The standard InChI is InChI=1S/C25H22FN3O2S.ClH/c1-28(2)14-15-29(25-27-23-18(26)10-7-13-21(23)32-25)24(30)22-16-8-3-5-11-19(16)31-20-12-6-4-9-17(20)22;/h3-13,22H,14-15H2,1-2H3;1H. The summed E-state index contributed by atoms with van der Waals surface area (Å²) in [4.78, 5) is 22.3. The van der Waals surface area contributed by atoms with Gasteiger partial charge in [-0.25, -0.2) is 9.37 Å². The quantitative estimate of drug-likeness (QED) is 0.366. The maximum Gasteiger partial charge on any atom is 0.241 e. The summed E-state index contributed by atoms with van der Waals surface area (Å²) in [5.74, 6) is 0.330. The number of carbonyl (C=O) groups is 1. The Morgan fingerprint density at radius 2 is 1.61 bits per heavy atom. The van der Waals surface area contributed by atoms with Gasteiger partial charge in [-0.1, -0.05) is 53.8 Å². The third kappa shape index (κ3) is 4.31. The van der Waals surface area contributed by atoms with Gasteiger partial charge in [-0.2, -0.15) is 0 Å². The second-order valence-electron chi connectivity index (χ2n) is 7.99. The Labute approximate surface area is 201 Å². The van der Waals surface area contributed by atoms with Crippen molar-refractivity contribution in [2.75, 3.05) is 32.1 Å². The topological polar surface area (TPSA) is 45.7 Å². The van der Waals surface area contributed by atoms with Crippen LogP contribution in [0.25, 0.3) is 10.2 Å². The van der Waals surface area contributed by atoms with Crippen molar-refractivity contribution in [1.29, 1.82) is 0 Å². The lowest BCUT2D eigenvalue weighted by molar-refractivity contribution is -0.119. The van der Waals surface area contributed by atoms with Crippen molar-refractivity contribution in [3.05, 3.63) is 83.7 Å². The Balaban J connectivity index is 0.00000259. The molecule has 0 spiro atoms. The van der Waals surface area contributed by atoms with Crippen molar-refractivity contribution in [1.82, 2.24) is 9.88 Å². The fourth-order valence-electron chi connectivity index (χ4n) is 3.95. The van der Waals surface area contributed by atoms with E-state index in [1.165, 1.54) is 17.4 Å². The molecule has 0 fully saturated rings. The fraction of sp³-hybridized carbons (Fsp3) is 0.200. The van der Waals surface area contributed by atoms with Gasteiger partial charge in [0.1, 0.15) is 22.8 Å². The molecule has 5 nitrogen and oxygen atoms in total. The highest BCUT2D eigenvalue weighted by Crippen LogP contribution is 2.45. The number of fused-ring (bicyclic) bond motifs is 3. The number of halogens is 2. The zero-order valence-corrected chi connectivity index (χ0v) is 19.8. The molecule has 0 saturated carbocycles. The molecule has 8 heteroatoms. The van der Waals surface area contributed by atoms with E-state index in [2.05, 4.69) is 4.98 Å². The third-order valence-electron chi connectivity index (χ3n) is 5.55. The van der Waals surface area contributed by atoms with E-state index >= 15 is 0 Å². The average Bonchev–Trinajstić information content (AvgIpc) is 3.22. The molecule has 0 atom stereocenters. The first-order valence-electron chi connectivity index (χ1n) is 10.4. The Kier molecular flexibility index (Phi) is 6.65. The van der Waals surface area contributed by atoms with Gasteiger partial charge in [0.25, 0.3) is 0 Å². The van der Waals surface area contributed by atoms with Crippen molar-refractivity contribution in [3.8, 4) is 11.5 Å². The van der Waals surface area contributed by atoms with Crippen LogP contribution in [-0.2, 0) is 4.79 Å². The zero-order chi connectivity index (χ0) is 22.2. The van der Waals surface area contributed by atoms with Gasteiger partial charge in [0.2, 0.25) is 5.91 Å². The van der Waals surface area contributed by atoms with Gasteiger partial charge in [-0.05, 0) is 38.4 Å². The van der Waals surface area contributed by atoms with E-state index in [-0.39, 0.29) is 24.1 Å². The van der Waals surface area contributed by atoms with Crippen molar-refractivity contribution in [2.24, 2.45) is 0 Å². The van der Waals surface area contributed by atoms with Crippen LogP contribution in [0.3, 0.4) is 0 Å². The Morgan fingerprint density at radius 3 is 2.21 bits per heavy atom. The predicted octanol–water partition coefficient (Wildman–Crippen LogP) is 5.69. The molecule has 1 aliphatic heterocycles. The van der Waals surface area contributed by atoms with Crippen molar-refractivity contribution in [3.63, 3.8) is 0 Å². The minimum Gasteiger partial charge on any atom is -0.457 e. The number of aromatic nitrogens is 1. The molecular weight excluding hydrogens is 461 g/mol. The molecule has 0 radical (unpaired) electrons. The second kappa shape index (κ2) is 9.47. The molecule has 1 aromatic heterocycles. The number of likely N-dealkylation sites (N-methyl/N-ethyl adjacent to an activating group) is 1. The van der Waals surface area contributed by atoms with E-state index < -0.39 is 5.92 Å². The number of hydrogen-bond donors (Lipinski definition) is 0. The minimum absolute atomic E-state index is 0. The van der Waals surface area contributed by atoms with Crippen LogP contribution in [-0.4, -0.2) is 43.0 Å². The molecule has 1 aliphatic rings. The largest absolute Gasteiger partial charge is 0.457 e. The molecule has 3 aromatic carbocycles. The van der Waals surface area contributed by atoms with Gasteiger partial charge in [0, 0.05) is 24.2 Å². The molecule has 0 saturated heterocycles. The summed E-state index contributed by atoms with van der Waals surface area (Å²) < 4.78 is 21.1. The molecule has 4 aromatic rings. The van der Waals surface area contributed by atoms with Crippen LogP contribution in [0.15, 0.2) is 66.7 Å². The maximum absolute atomic E-state index is 14.3. The summed E-state index contributed by atoms with van der Waals surface area (Å²) in [6, 6.07) is 20.1. The van der Waals surface area contributed by atoms with Crippen LogP contribution >= 0.6 is 23.7 Å². The van der Waals surface area contributed by atoms with E-state index in [9.17, 15) is 9.18 Å². The number of rotatable bonds is 5. The Bertz CT molecular complexity index is 1260. The zero-order valence-electron chi connectivity index (χ0n) is 18.2. The highest BCUT2D eigenvalue weighted by Gasteiger charge is 2.36. The molecule has 170 valence electrons. The SMILES string of the molecule is CN(C)CCN(C(=O)C1c2ccccc2Oc2ccccc21)c1nc2c(F)cccc2s1.Cl. The Morgan fingerprint density at radius 1 is 0.970 bits per heavy atom. The van der Waals surface area contributed by atoms with Crippen LogP contribution < -0.4 is 9.64 Å². The monoisotopic (exact) mass is 483 g/mol. The molecule has 0 bridgehead atoms. The summed E-state index contributed by atoms with van der Waals surface area (Å²) in [6.45, 7) is 1.09. The second-order valence-corrected chi connectivity index (χ2v) is 9.00. The van der Waals surface area contributed by atoms with Gasteiger partial charge >= 0.3 is 0 Å². The van der Waals surface area contributed by atoms with E-state index in [0.717, 1.165) is 15.8 Å². The van der Waals surface area contributed by atoms with Crippen LogP contribution in [0, 0.1) is 5.82 Å². The summed E-state index contributed by atoms with van der Waals surface area (Å²) in [5.41, 5.74) is 1.93. The van der Waals surface area contributed by atoms with Crippen LogP contribution in [0.4, 0.5) is 9.52 Å². The number of carbonyl (C=O) groups excluding carboxylic acids is 1. The van der Waals surface area contributed by atoms with Crippen LogP contribution in [0.2, 0.25) is 0 Å². The maximum atomic E-state index is 14.3. The summed E-state index contributed by atoms with van der Waals surface area (Å²) in [6.07, 6.45) is 0. The molecular formula is C25H23ClFN3O2S. The van der Waals surface area contributed by atoms with E-state index in [1.54, 1.807) is 11.0 Å². The van der Waals surface area contributed by atoms with Crippen molar-refractivity contribution in [2.45, 2.75) is 5.92 Å². The van der Waals surface area contributed by atoms with Gasteiger partial charge in [0.05, 0.1) is 10.6 Å². The summed E-state index contributed by atoms with van der Waals surface area (Å²) >= 11 is 1.33. The summed E-state index contributed by atoms with van der Waals surface area (Å²) in [5, 5.41) is 0.499. The highest BCUT2D eigenvalue weighted by atomic mass is 35.5. The first kappa shape index (κ1) is 23.2. The molecule has 33 heavy (non-hydrogen) atoms. The number of nitrogens with zero attached hydrogens (tertiary/aromatic N) is 3. The Hall–Kier alpha value is -3.00. The number of thiazole rings is 1. The molecule has 0 unspecified atom stereocenters. The van der Waals surface area contributed by atoms with Gasteiger partial charge in [0.15, 0.2) is 5.13 Å². The van der Waals surface area contributed by atoms with Crippen LogP contribution in [0.1, 0.15) is 17.0 Å². The van der Waals surface area contributed by atoms with Gasteiger partial charge < -0.3 is 9.64 Å². The highest BCUT2D eigenvalue weighted by molar-refractivity contribution is 7.22. The predicted molar refractivity (Wildman–Crippen MR) is 133 cm³/mol. The number of ether oxygens (including phenoxy) is 1. The molecule has 2 heterocycles. The van der Waals surface area contributed by atoms with Crippen LogP contribution in [0.5, 0.6) is 11.5 Å². The lowest BCUT2D eigenvalue weighted by Crippen LogP contribution is -2.40. The number of benzene rings is 3. The van der Waals surface area contributed by atoms with E-state index in [4.69, 9.17) is 4.74 Å². The molecule has 5 rings (SSSR count). The molecule has 0 aliphatic carbocycles. The number of amides is 1. The minimum atomic E-state index is -0.532. The summed E-state index contributed by atoms with van der Waals surface area (Å²) in [7, 11) is 3.92. The first-order valence-corrected chi connectivity index (χ1v) is 11.2. The average molecular weight is 484 g/mol. The van der Waals surface area contributed by atoms with Crippen molar-refractivity contribution < 1.29 is 13.9 Å². The van der Waals surface area contributed by atoms with E-state index in [1.807, 2.05) is 73.6 Å². The lowest BCUT2D eigenvalue weighted by atomic mass is 9.87. The van der Waals surface area contributed by atoms with Gasteiger partial charge in [-0.15, -0.1) is 12.4 Å². The third-order valence-corrected chi connectivity index (χ3v) is 6.60. The normalized spacial score (nSPS) is 12.6. The number of para-hydroxylation sites is 3.